The molecule has 0 aromatic carbocycles. The molecule has 1 heteroatoms. The molecular formula is C26H55N. The van der Waals surface area contributed by atoms with E-state index in [-0.39, 0.29) is 0 Å². The van der Waals surface area contributed by atoms with Crippen molar-refractivity contribution in [2.75, 3.05) is 19.6 Å². The maximum atomic E-state index is 2.83. The van der Waals surface area contributed by atoms with Crippen LogP contribution < -0.4 is 0 Å². The van der Waals surface area contributed by atoms with E-state index in [0.717, 1.165) is 11.8 Å². The van der Waals surface area contributed by atoms with Crippen LogP contribution in [0.15, 0.2) is 0 Å². The monoisotopic (exact) mass is 381 g/mol. The minimum absolute atomic E-state index is 0.878. The van der Waals surface area contributed by atoms with Crippen LogP contribution in [-0.2, 0) is 0 Å². The zero-order valence-corrected chi connectivity index (χ0v) is 20.0. The highest BCUT2D eigenvalue weighted by Crippen LogP contribution is 2.17. The summed E-state index contributed by atoms with van der Waals surface area (Å²) >= 11 is 0. The van der Waals surface area contributed by atoms with Gasteiger partial charge in [0.15, 0.2) is 0 Å². The normalized spacial score (nSPS) is 13.0. The van der Waals surface area contributed by atoms with E-state index in [4.69, 9.17) is 0 Å². The Bertz CT molecular complexity index is 273. The molecule has 0 fully saturated rings. The molecule has 0 saturated carbocycles. The Balaban J connectivity index is 4.08. The first-order valence-electron chi connectivity index (χ1n) is 12.9. The van der Waals surface area contributed by atoms with Crippen LogP contribution in [0.4, 0.5) is 0 Å². The summed E-state index contributed by atoms with van der Waals surface area (Å²) < 4.78 is 0. The Labute approximate surface area is 174 Å². The predicted octanol–water partition coefficient (Wildman–Crippen LogP) is 8.86. The van der Waals surface area contributed by atoms with Crippen LogP contribution >= 0.6 is 0 Å². The first-order valence-corrected chi connectivity index (χ1v) is 12.9. The van der Waals surface area contributed by atoms with Crippen molar-refractivity contribution in [3.8, 4) is 0 Å². The number of hydrogen-bond acceptors (Lipinski definition) is 1. The van der Waals surface area contributed by atoms with Gasteiger partial charge in [0.1, 0.15) is 0 Å². The van der Waals surface area contributed by atoms with Crippen molar-refractivity contribution >= 4 is 0 Å². The zero-order chi connectivity index (χ0) is 20.2. The fourth-order valence-corrected chi connectivity index (χ4v) is 4.11. The van der Waals surface area contributed by atoms with E-state index in [1.807, 2.05) is 0 Å². The fourth-order valence-electron chi connectivity index (χ4n) is 4.11. The van der Waals surface area contributed by atoms with Gasteiger partial charge in [0.25, 0.3) is 0 Å². The van der Waals surface area contributed by atoms with E-state index < -0.39 is 0 Å². The SMILES string of the molecule is CCCCCCCCCN(CCCCCCC(C)C)CC(CC)CCCC. The van der Waals surface area contributed by atoms with Gasteiger partial charge in [0.2, 0.25) is 0 Å². The molecule has 0 spiro atoms. The molecule has 0 amide bonds. The minimum atomic E-state index is 0.878. The highest BCUT2D eigenvalue weighted by atomic mass is 15.1. The standard InChI is InChI=1S/C26H55N/c1-6-9-11-12-13-15-18-22-27(24-26(8-3)21-10-7-2)23-19-16-14-17-20-25(4)5/h25-26H,6-24H2,1-5H3. The Hall–Kier alpha value is -0.0400. The van der Waals surface area contributed by atoms with E-state index in [1.165, 1.54) is 122 Å². The predicted molar refractivity (Wildman–Crippen MR) is 126 cm³/mol. The maximum absolute atomic E-state index is 2.83. The second-order valence-electron chi connectivity index (χ2n) is 9.44. The molecule has 0 aliphatic rings. The lowest BCUT2D eigenvalue weighted by molar-refractivity contribution is 0.210. The average molecular weight is 382 g/mol. The molecule has 27 heavy (non-hydrogen) atoms. The summed E-state index contributed by atoms with van der Waals surface area (Å²) in [5.74, 6) is 1.80. The van der Waals surface area contributed by atoms with Crippen LogP contribution in [0.1, 0.15) is 137 Å². The van der Waals surface area contributed by atoms with E-state index in [2.05, 4.69) is 39.5 Å². The Morgan fingerprint density at radius 1 is 0.556 bits per heavy atom. The summed E-state index contributed by atoms with van der Waals surface area (Å²) in [5.41, 5.74) is 0. The second-order valence-corrected chi connectivity index (χ2v) is 9.44. The first kappa shape index (κ1) is 27.0. The lowest BCUT2D eigenvalue weighted by atomic mass is 9.98. The van der Waals surface area contributed by atoms with Crippen molar-refractivity contribution in [3.05, 3.63) is 0 Å². The van der Waals surface area contributed by atoms with Gasteiger partial charge in [-0.25, -0.2) is 0 Å². The number of hydrogen-bond donors (Lipinski definition) is 0. The van der Waals surface area contributed by atoms with Crippen LogP contribution in [0.25, 0.3) is 0 Å². The molecule has 0 aromatic rings. The van der Waals surface area contributed by atoms with Crippen molar-refractivity contribution in [1.82, 2.24) is 4.90 Å². The van der Waals surface area contributed by atoms with E-state index in [1.54, 1.807) is 0 Å². The van der Waals surface area contributed by atoms with Gasteiger partial charge >= 0.3 is 0 Å². The first-order chi connectivity index (χ1) is 13.1. The number of rotatable bonds is 21. The summed E-state index contributed by atoms with van der Waals surface area (Å²) in [4.78, 5) is 2.83. The number of nitrogens with zero attached hydrogens (tertiary/aromatic N) is 1. The topological polar surface area (TPSA) is 3.24 Å². The van der Waals surface area contributed by atoms with Crippen molar-refractivity contribution in [2.24, 2.45) is 11.8 Å². The van der Waals surface area contributed by atoms with Gasteiger partial charge < -0.3 is 4.90 Å². The van der Waals surface area contributed by atoms with E-state index >= 15 is 0 Å². The molecule has 0 heterocycles. The van der Waals surface area contributed by atoms with Gasteiger partial charge in [-0.2, -0.15) is 0 Å². The summed E-state index contributed by atoms with van der Waals surface area (Å²) in [7, 11) is 0. The summed E-state index contributed by atoms with van der Waals surface area (Å²) in [6.07, 6.45) is 22.7. The molecule has 1 nitrogen and oxygen atoms in total. The molecule has 0 saturated heterocycles. The molecule has 1 unspecified atom stereocenters. The van der Waals surface area contributed by atoms with Crippen LogP contribution in [-0.4, -0.2) is 24.5 Å². The molecule has 0 radical (unpaired) electrons. The van der Waals surface area contributed by atoms with Crippen molar-refractivity contribution < 1.29 is 0 Å². The minimum Gasteiger partial charge on any atom is -0.303 e. The van der Waals surface area contributed by atoms with Gasteiger partial charge in [-0.3, -0.25) is 0 Å². The van der Waals surface area contributed by atoms with Crippen LogP contribution in [0, 0.1) is 11.8 Å². The maximum Gasteiger partial charge on any atom is 0.000955 e. The molecule has 164 valence electrons. The zero-order valence-electron chi connectivity index (χ0n) is 20.0. The van der Waals surface area contributed by atoms with Crippen LogP contribution in [0.3, 0.4) is 0 Å². The lowest BCUT2D eigenvalue weighted by Crippen LogP contribution is -2.31. The summed E-state index contributed by atoms with van der Waals surface area (Å²) in [6, 6.07) is 0. The van der Waals surface area contributed by atoms with Gasteiger partial charge in [0, 0.05) is 6.54 Å². The van der Waals surface area contributed by atoms with E-state index in [0.29, 0.717) is 0 Å². The third kappa shape index (κ3) is 19.1. The van der Waals surface area contributed by atoms with Crippen molar-refractivity contribution in [2.45, 2.75) is 137 Å². The second kappa shape index (κ2) is 20.7. The molecule has 0 aromatic heterocycles. The average Bonchev–Trinajstić information content (AvgIpc) is 2.66. The molecule has 0 N–H and O–H groups in total. The summed E-state index contributed by atoms with van der Waals surface area (Å²) in [6.45, 7) is 15.8. The molecular weight excluding hydrogens is 326 g/mol. The van der Waals surface area contributed by atoms with Gasteiger partial charge in [-0.1, -0.05) is 118 Å². The van der Waals surface area contributed by atoms with Crippen LogP contribution in [0.2, 0.25) is 0 Å². The molecule has 1 atom stereocenters. The van der Waals surface area contributed by atoms with Crippen molar-refractivity contribution in [1.29, 1.82) is 0 Å². The Kier molecular flexibility index (Phi) is 20.7. The Morgan fingerprint density at radius 2 is 1.07 bits per heavy atom. The van der Waals surface area contributed by atoms with Gasteiger partial charge in [-0.15, -0.1) is 0 Å². The largest absolute Gasteiger partial charge is 0.303 e. The van der Waals surface area contributed by atoms with Gasteiger partial charge in [-0.05, 0) is 44.2 Å². The quantitative estimate of drug-likeness (QED) is 0.179. The third-order valence-electron chi connectivity index (χ3n) is 6.14. The highest BCUT2D eigenvalue weighted by molar-refractivity contribution is 4.66. The third-order valence-corrected chi connectivity index (χ3v) is 6.14. The Morgan fingerprint density at radius 3 is 1.59 bits per heavy atom. The smallest absolute Gasteiger partial charge is 0.000955 e. The van der Waals surface area contributed by atoms with Crippen molar-refractivity contribution in [3.63, 3.8) is 0 Å². The number of unbranched alkanes of at least 4 members (excludes halogenated alkanes) is 10. The summed E-state index contributed by atoms with van der Waals surface area (Å²) in [5, 5.41) is 0. The van der Waals surface area contributed by atoms with Gasteiger partial charge in [0.05, 0.1) is 0 Å². The lowest BCUT2D eigenvalue weighted by Gasteiger charge is -2.27. The van der Waals surface area contributed by atoms with E-state index in [9.17, 15) is 0 Å². The molecule has 0 aliphatic heterocycles. The van der Waals surface area contributed by atoms with Crippen LogP contribution in [0.5, 0.6) is 0 Å². The highest BCUT2D eigenvalue weighted by Gasteiger charge is 2.12. The molecule has 0 aliphatic carbocycles. The molecule has 0 rings (SSSR count). The fraction of sp³-hybridized carbons (Fsp3) is 1.00. The molecule has 0 bridgehead atoms.